The molecule has 0 radical (unpaired) electrons. The second-order valence-electron chi connectivity index (χ2n) is 5.93. The Kier molecular flexibility index (Phi) is 3.97. The molecule has 1 aliphatic heterocycles. The first-order valence-electron chi connectivity index (χ1n) is 6.65. The molecule has 6 heteroatoms. The summed E-state index contributed by atoms with van der Waals surface area (Å²) in [5.74, 6) is 0.00691. The number of hydrogen-bond acceptors (Lipinski definition) is 5. The van der Waals surface area contributed by atoms with Crippen LogP contribution < -0.4 is 4.74 Å². The summed E-state index contributed by atoms with van der Waals surface area (Å²) < 4.78 is 10.4. The monoisotopic (exact) mass is 295 g/mol. The van der Waals surface area contributed by atoms with Crippen LogP contribution in [0.4, 0.5) is 0 Å². The fraction of sp³-hybridized carbons (Fsp3) is 0.533. The highest BCUT2D eigenvalue weighted by Gasteiger charge is 2.58. The number of fused-ring (bicyclic) bond motifs is 1. The molecule has 0 bridgehead atoms. The van der Waals surface area contributed by atoms with Gasteiger partial charge in [-0.25, -0.2) is 0 Å². The molecule has 0 spiro atoms. The fourth-order valence-corrected chi connectivity index (χ4v) is 2.56. The van der Waals surface area contributed by atoms with E-state index in [4.69, 9.17) is 14.3 Å². The predicted octanol–water partition coefficient (Wildman–Crippen LogP) is 1.88. The zero-order valence-electron chi connectivity index (χ0n) is 13.0. The van der Waals surface area contributed by atoms with Gasteiger partial charge in [0, 0.05) is 12.5 Å². The number of hydroxylamine groups is 2. The third-order valence-corrected chi connectivity index (χ3v) is 3.64. The first-order chi connectivity index (χ1) is 9.79. The van der Waals surface area contributed by atoms with Crippen molar-refractivity contribution < 1.29 is 24.2 Å². The summed E-state index contributed by atoms with van der Waals surface area (Å²) in [6, 6.07) is 5.04. The summed E-state index contributed by atoms with van der Waals surface area (Å²) in [5, 5.41) is 12.2. The number of rotatable bonds is 4. The summed E-state index contributed by atoms with van der Waals surface area (Å²) >= 11 is 0. The lowest BCUT2D eigenvalue weighted by molar-refractivity contribution is -0.285. The number of methoxy groups -OCH3 is 1. The van der Waals surface area contributed by atoms with Crippen molar-refractivity contribution in [1.29, 1.82) is 0 Å². The maximum absolute atomic E-state index is 12.5. The normalized spacial score (nSPS) is 21.6. The molecule has 21 heavy (non-hydrogen) atoms. The van der Waals surface area contributed by atoms with Gasteiger partial charge in [-0.1, -0.05) is 26.8 Å². The predicted molar refractivity (Wildman–Crippen MR) is 75.5 cm³/mol. The minimum atomic E-state index is -1.63. The molecule has 1 unspecified atom stereocenters. The van der Waals surface area contributed by atoms with Crippen LogP contribution >= 0.6 is 0 Å². The van der Waals surface area contributed by atoms with Gasteiger partial charge < -0.3 is 14.6 Å². The standard InChI is InChI=1S/C15H21NO5/c1-14(2,3)15(18)12-10(13(17)16(15)20-5)7-6-8-11(12)21-9-19-4/h6-8,18H,9H2,1-5H3. The molecule has 0 aromatic heterocycles. The molecule has 0 saturated carbocycles. The smallest absolute Gasteiger partial charge is 0.281 e. The third kappa shape index (κ3) is 2.19. The zero-order valence-corrected chi connectivity index (χ0v) is 13.0. The largest absolute Gasteiger partial charge is 0.467 e. The van der Waals surface area contributed by atoms with Gasteiger partial charge in [-0.2, -0.15) is 5.06 Å². The van der Waals surface area contributed by atoms with Crippen LogP contribution in [0.1, 0.15) is 36.7 Å². The van der Waals surface area contributed by atoms with E-state index < -0.39 is 17.0 Å². The van der Waals surface area contributed by atoms with Gasteiger partial charge in [0.15, 0.2) is 6.79 Å². The van der Waals surface area contributed by atoms with Gasteiger partial charge in [0.1, 0.15) is 5.75 Å². The number of nitrogens with zero attached hydrogens (tertiary/aromatic N) is 1. The van der Waals surface area contributed by atoms with Crippen molar-refractivity contribution >= 4 is 5.91 Å². The van der Waals surface area contributed by atoms with Gasteiger partial charge in [0.05, 0.1) is 18.2 Å². The minimum absolute atomic E-state index is 0.0256. The van der Waals surface area contributed by atoms with Crippen molar-refractivity contribution in [3.05, 3.63) is 29.3 Å². The van der Waals surface area contributed by atoms with E-state index in [1.165, 1.54) is 14.2 Å². The van der Waals surface area contributed by atoms with E-state index in [9.17, 15) is 9.90 Å². The van der Waals surface area contributed by atoms with Crippen molar-refractivity contribution in [2.45, 2.75) is 26.5 Å². The second kappa shape index (κ2) is 5.29. The van der Waals surface area contributed by atoms with Crippen LogP contribution in [0.2, 0.25) is 0 Å². The van der Waals surface area contributed by atoms with Gasteiger partial charge in [-0.15, -0.1) is 0 Å². The van der Waals surface area contributed by atoms with Crippen molar-refractivity contribution in [1.82, 2.24) is 5.06 Å². The summed E-state index contributed by atoms with van der Waals surface area (Å²) in [6.07, 6.45) is 0. The molecule has 6 nitrogen and oxygen atoms in total. The minimum Gasteiger partial charge on any atom is -0.467 e. The van der Waals surface area contributed by atoms with Crippen LogP contribution in [0.3, 0.4) is 0 Å². The number of ether oxygens (including phenoxy) is 2. The molecular weight excluding hydrogens is 274 g/mol. The van der Waals surface area contributed by atoms with Gasteiger partial charge in [0.25, 0.3) is 5.91 Å². The van der Waals surface area contributed by atoms with Crippen LogP contribution in [-0.4, -0.2) is 37.1 Å². The Morgan fingerprint density at radius 2 is 1.95 bits per heavy atom. The highest BCUT2D eigenvalue weighted by molar-refractivity contribution is 6.00. The van der Waals surface area contributed by atoms with Crippen molar-refractivity contribution in [2.24, 2.45) is 5.41 Å². The molecule has 1 aromatic rings. The molecule has 1 atom stereocenters. The topological polar surface area (TPSA) is 68.2 Å². The fourth-order valence-electron chi connectivity index (χ4n) is 2.56. The summed E-state index contributed by atoms with van der Waals surface area (Å²) in [7, 11) is 2.86. The first kappa shape index (κ1) is 15.8. The quantitative estimate of drug-likeness (QED) is 0.859. The highest BCUT2D eigenvalue weighted by Crippen LogP contribution is 2.51. The lowest BCUT2D eigenvalue weighted by Gasteiger charge is -2.42. The Balaban J connectivity index is 2.67. The van der Waals surface area contributed by atoms with E-state index in [0.717, 1.165) is 5.06 Å². The molecule has 1 N–H and O–H groups in total. The Morgan fingerprint density at radius 3 is 2.48 bits per heavy atom. The van der Waals surface area contributed by atoms with Crippen molar-refractivity contribution in [3.63, 3.8) is 0 Å². The van der Waals surface area contributed by atoms with Crippen LogP contribution in [0.25, 0.3) is 0 Å². The van der Waals surface area contributed by atoms with Crippen LogP contribution in [0.5, 0.6) is 5.75 Å². The number of carbonyl (C=O) groups excluding carboxylic acids is 1. The van der Waals surface area contributed by atoms with E-state index in [0.29, 0.717) is 16.9 Å². The maximum atomic E-state index is 12.5. The third-order valence-electron chi connectivity index (χ3n) is 3.64. The Hall–Kier alpha value is -1.63. The molecule has 2 rings (SSSR count). The van der Waals surface area contributed by atoms with Crippen LogP contribution in [0, 0.1) is 5.41 Å². The molecule has 0 aliphatic carbocycles. The molecule has 0 saturated heterocycles. The summed E-state index contributed by atoms with van der Waals surface area (Å²) in [4.78, 5) is 17.6. The lowest BCUT2D eigenvalue weighted by atomic mass is 9.78. The SMILES string of the molecule is COCOc1cccc2c1C(O)(C(C)(C)C)N(OC)C2=O. The number of benzene rings is 1. The van der Waals surface area contributed by atoms with Crippen LogP contribution in [-0.2, 0) is 15.3 Å². The molecule has 1 aliphatic rings. The Labute approximate surface area is 124 Å². The number of aliphatic hydroxyl groups is 1. The van der Waals surface area contributed by atoms with Gasteiger partial charge in [-0.05, 0) is 12.1 Å². The summed E-state index contributed by atoms with van der Waals surface area (Å²) in [6.45, 7) is 5.51. The molecule has 1 heterocycles. The number of amides is 1. The van der Waals surface area contributed by atoms with E-state index in [2.05, 4.69) is 0 Å². The van der Waals surface area contributed by atoms with E-state index in [-0.39, 0.29) is 6.79 Å². The number of carbonyl (C=O) groups is 1. The van der Waals surface area contributed by atoms with Gasteiger partial charge in [-0.3, -0.25) is 9.63 Å². The summed E-state index contributed by atoms with van der Waals surface area (Å²) in [5.41, 5.74) is -1.54. The average Bonchev–Trinajstić information content (AvgIpc) is 2.66. The first-order valence-corrected chi connectivity index (χ1v) is 6.65. The Bertz CT molecular complexity index is 551. The van der Waals surface area contributed by atoms with Crippen LogP contribution in [0.15, 0.2) is 18.2 Å². The molecule has 0 fully saturated rings. The molecule has 116 valence electrons. The van der Waals surface area contributed by atoms with E-state index in [1.807, 2.05) is 20.8 Å². The zero-order chi connectivity index (χ0) is 15.8. The van der Waals surface area contributed by atoms with E-state index >= 15 is 0 Å². The Morgan fingerprint density at radius 1 is 1.29 bits per heavy atom. The van der Waals surface area contributed by atoms with Crippen molar-refractivity contribution in [3.8, 4) is 5.75 Å². The lowest BCUT2D eigenvalue weighted by Crippen LogP contribution is -2.52. The van der Waals surface area contributed by atoms with Gasteiger partial charge >= 0.3 is 0 Å². The van der Waals surface area contributed by atoms with Crippen molar-refractivity contribution in [2.75, 3.05) is 21.0 Å². The second-order valence-corrected chi connectivity index (χ2v) is 5.93. The van der Waals surface area contributed by atoms with Gasteiger partial charge in [0.2, 0.25) is 5.72 Å². The molecule has 1 aromatic carbocycles. The van der Waals surface area contributed by atoms with E-state index in [1.54, 1.807) is 18.2 Å². The average molecular weight is 295 g/mol. The maximum Gasteiger partial charge on any atom is 0.281 e. The highest BCUT2D eigenvalue weighted by atomic mass is 16.7. The number of hydrogen-bond donors (Lipinski definition) is 1. The molecular formula is C15H21NO5. The molecule has 1 amide bonds.